The van der Waals surface area contributed by atoms with E-state index in [4.69, 9.17) is 48.4 Å². The monoisotopic (exact) mass is 845 g/mol. The largest absolute Gasteiger partial charge is 0.484 e. The van der Waals surface area contributed by atoms with Gasteiger partial charge in [0.1, 0.15) is 53.2 Å². The van der Waals surface area contributed by atoms with Gasteiger partial charge in [0, 0.05) is 19.4 Å². The molecule has 0 spiro atoms. The van der Waals surface area contributed by atoms with Gasteiger partial charge < -0.3 is 34.4 Å². The summed E-state index contributed by atoms with van der Waals surface area (Å²) in [7, 11) is -2.90. The Morgan fingerprint density at radius 1 is 0.949 bits per heavy atom. The Bertz CT molecular complexity index is 1650. The Balaban J connectivity index is 1.23. The highest BCUT2D eigenvalue weighted by Gasteiger charge is 2.62. The first-order valence-electron chi connectivity index (χ1n) is 21.6. The van der Waals surface area contributed by atoms with Crippen LogP contribution in [0.25, 0.3) is 0 Å². The number of hydrogen-bond acceptors (Lipinski definition) is 11. The van der Waals surface area contributed by atoms with E-state index >= 15 is 0 Å². The maximum Gasteiger partial charge on any atom is 0.474 e. The number of hydrogen-bond donors (Lipinski definition) is 3. The van der Waals surface area contributed by atoms with E-state index in [9.17, 15) is 9.83 Å². The number of H-pyrrole nitrogens is 1. The maximum atomic E-state index is 13.9. The van der Waals surface area contributed by atoms with Crippen LogP contribution < -0.4 is 15.9 Å². The van der Waals surface area contributed by atoms with Crippen LogP contribution >= 0.6 is 7.82 Å². The van der Waals surface area contributed by atoms with Crippen molar-refractivity contribution in [3.63, 3.8) is 0 Å². The lowest BCUT2D eigenvalue weighted by atomic mass is 9.97. The second kappa shape index (κ2) is 24.9. The fourth-order valence-corrected chi connectivity index (χ4v) is 8.51. The summed E-state index contributed by atoms with van der Waals surface area (Å²) in [6, 6.07) is 8.79. The molecule has 16 heteroatoms. The van der Waals surface area contributed by atoms with E-state index in [1.807, 2.05) is 26.0 Å². The van der Waals surface area contributed by atoms with Crippen LogP contribution in [0.5, 0.6) is 5.75 Å². The molecule has 1 unspecified atom stereocenters. The molecule has 59 heavy (non-hydrogen) atoms. The number of nitrogens with two attached hydrogens (primary N) is 2. The number of nitrogens with zero attached hydrogens (tertiary/aromatic N) is 3. The van der Waals surface area contributed by atoms with E-state index in [0.717, 1.165) is 19.2 Å². The van der Waals surface area contributed by atoms with E-state index in [1.165, 1.54) is 103 Å². The number of ether oxygens (including phenoxy) is 5. The molecule has 5 N–H and O–H groups in total. The van der Waals surface area contributed by atoms with E-state index < -0.39 is 43.6 Å². The number of nitrogens with one attached hydrogen (secondary N) is 1. The summed E-state index contributed by atoms with van der Waals surface area (Å²) in [6.45, 7) is 8.02. The molecule has 0 bridgehead atoms. The summed E-state index contributed by atoms with van der Waals surface area (Å²) in [5.41, 5.74) is 6.40. The minimum absolute atomic E-state index is 0.158. The van der Waals surface area contributed by atoms with Crippen LogP contribution in [-0.4, -0.2) is 85.4 Å². The van der Waals surface area contributed by atoms with E-state index in [2.05, 4.69) is 21.9 Å². The second-order valence-corrected chi connectivity index (χ2v) is 17.9. The lowest BCUT2D eigenvalue weighted by molar-refractivity contribution is -0.212. The zero-order chi connectivity index (χ0) is 42.6. The molecule has 2 aromatic heterocycles. The van der Waals surface area contributed by atoms with Gasteiger partial charge in [0.05, 0.1) is 26.0 Å². The first-order chi connectivity index (χ1) is 28.4. The summed E-state index contributed by atoms with van der Waals surface area (Å²) in [6.07, 6.45) is 20.9. The van der Waals surface area contributed by atoms with Crippen LogP contribution in [0.1, 0.15) is 154 Å². The molecule has 2 fully saturated rings. The van der Waals surface area contributed by atoms with E-state index in [1.54, 1.807) is 25.1 Å². The summed E-state index contributed by atoms with van der Waals surface area (Å²) in [4.78, 5) is 11.3. The molecule has 2 aromatic rings. The number of nitriles is 1. The molecule has 6 atom stereocenters. The second-order valence-electron chi connectivity index (χ2n) is 16.2. The van der Waals surface area contributed by atoms with Gasteiger partial charge in [-0.1, -0.05) is 103 Å². The Kier molecular flexibility index (Phi) is 20.5. The van der Waals surface area contributed by atoms with E-state index in [0.29, 0.717) is 23.7 Å². The first-order valence-corrected chi connectivity index (χ1v) is 23.1. The number of rotatable bonds is 31. The molecule has 2 aliphatic rings. The quantitative estimate of drug-likeness (QED) is 0.0290. The van der Waals surface area contributed by atoms with Crippen molar-refractivity contribution in [2.24, 2.45) is 10.7 Å². The van der Waals surface area contributed by atoms with Crippen molar-refractivity contribution >= 4 is 20.0 Å². The van der Waals surface area contributed by atoms with Crippen LogP contribution in [0.15, 0.2) is 35.5 Å². The number of fused-ring (bicyclic) bond motifs is 1. The number of aliphatic imine (C=N–C) groups is 1. The fraction of sp³-hybridized carbons (Fsp3) is 0.721. The number of aromatic nitrogens is 2. The zero-order valence-electron chi connectivity index (χ0n) is 36.0. The number of phosphoric ester groups is 1. The molecule has 330 valence electrons. The Morgan fingerprint density at radius 2 is 1.59 bits per heavy atom. The van der Waals surface area contributed by atoms with Crippen molar-refractivity contribution in [3.05, 3.63) is 47.5 Å². The topological polar surface area (TPSA) is 207 Å². The molecule has 15 nitrogen and oxygen atoms in total. The smallest absolute Gasteiger partial charge is 0.474 e. The summed E-state index contributed by atoms with van der Waals surface area (Å²) in [5.74, 6) is -0.296. The zero-order valence-corrected chi connectivity index (χ0v) is 36.9. The van der Waals surface area contributed by atoms with Crippen molar-refractivity contribution in [2.45, 2.75) is 166 Å². The molecule has 4 heterocycles. The molecule has 2 aliphatic heterocycles. The maximum absolute atomic E-state index is 13.9. The van der Waals surface area contributed by atoms with E-state index in [-0.39, 0.29) is 31.4 Å². The van der Waals surface area contributed by atoms with Gasteiger partial charge in [0.2, 0.25) is 0 Å². The van der Waals surface area contributed by atoms with Crippen molar-refractivity contribution < 1.29 is 47.2 Å². The molecule has 0 aliphatic carbocycles. The number of amidine groups is 1. The number of aromatic amines is 1. The van der Waals surface area contributed by atoms with Crippen LogP contribution in [-0.2, 0) is 37.1 Å². The van der Waals surface area contributed by atoms with Crippen LogP contribution in [0.4, 0.5) is 0 Å². The summed E-state index contributed by atoms with van der Waals surface area (Å²) >= 11 is 0. The van der Waals surface area contributed by atoms with Gasteiger partial charge in [-0.2, -0.15) is 5.26 Å². The van der Waals surface area contributed by atoms with Gasteiger partial charge in [-0.15, -0.1) is 0 Å². The lowest BCUT2D eigenvalue weighted by Crippen LogP contribution is -2.44. The minimum Gasteiger partial charge on any atom is -0.484 e. The standard InChI is InChI=1S/C43H69N6O9P/c1-6-7-8-9-10-11-12-13-14-15-16-17-18-19-20-21-26-52-29-35(55-34-23-22-33(27-44)47-28-34)30-53-59(50,51-5)54-31-43(4)40-39(56-42(2,3)58-40)38(57-43)36-24-25-37(49-36)41(46)48-32-45/h22-25,28,32,35,38-40,49H,6-21,26,29-31H2,1-5H3,(H3,45,46,48)/p+1/t35-,38-,39-,40-,43+,59?/m0/s1. The average molecular weight is 846 g/mol. The summed E-state index contributed by atoms with van der Waals surface area (Å²) < 4.78 is 62.2. The van der Waals surface area contributed by atoms with Crippen molar-refractivity contribution in [1.29, 1.82) is 5.26 Å². The van der Waals surface area contributed by atoms with Crippen molar-refractivity contribution in [2.75, 3.05) is 33.5 Å². The Hall–Kier alpha value is -3.19. The average Bonchev–Trinajstić information content (AvgIpc) is 3.92. The van der Waals surface area contributed by atoms with Crippen molar-refractivity contribution in [3.8, 4) is 11.8 Å². The normalized spacial score (nSPS) is 22.8. The van der Waals surface area contributed by atoms with Crippen molar-refractivity contribution in [1.82, 2.24) is 9.97 Å². The highest BCUT2D eigenvalue weighted by atomic mass is 31.2. The molecule has 4 rings (SSSR count). The van der Waals surface area contributed by atoms with Gasteiger partial charge in [0.25, 0.3) is 12.2 Å². The molecular formula is C43H70N6O9P+. The van der Waals surface area contributed by atoms with Crippen LogP contribution in [0, 0.1) is 11.3 Å². The molecule has 0 saturated carbocycles. The van der Waals surface area contributed by atoms with Gasteiger partial charge in [-0.3, -0.25) is 19.0 Å². The highest BCUT2D eigenvalue weighted by molar-refractivity contribution is 7.48. The number of unbranched alkanes of at least 4 members (excludes halogenated alkanes) is 15. The highest BCUT2D eigenvalue weighted by Crippen LogP contribution is 2.54. The predicted molar refractivity (Wildman–Crippen MR) is 226 cm³/mol. The number of phosphoric acid groups is 1. The molecular weight excluding hydrogens is 775 g/mol. The van der Waals surface area contributed by atoms with Gasteiger partial charge in [-0.05, 0) is 56.4 Å². The molecule has 0 radical (unpaired) electrons. The SMILES string of the molecule is CCCCCCCCCCCCCCCCCCOC[C@@H](COP(=O)(OC)OC[C@@]1(C)O[C@@H](c2ccc(C(N)=NC=[NH2+])[nH]2)[C@@H]2OC(C)(C)O[C@@H]21)Oc1ccc(C#N)nc1. The predicted octanol–water partition coefficient (Wildman–Crippen LogP) is 7.64. The third kappa shape index (κ3) is 16.0. The van der Waals surface area contributed by atoms with Gasteiger partial charge >= 0.3 is 7.82 Å². The molecule has 2 saturated heterocycles. The summed E-state index contributed by atoms with van der Waals surface area (Å²) in [5, 5.41) is 14.6. The first kappa shape index (κ1) is 48.5. The third-order valence-electron chi connectivity index (χ3n) is 10.7. The molecule has 0 aromatic carbocycles. The lowest BCUT2D eigenvalue weighted by Gasteiger charge is -2.32. The fourth-order valence-electron chi connectivity index (χ4n) is 7.46. The van der Waals surface area contributed by atoms with Gasteiger partial charge in [0.15, 0.2) is 5.79 Å². The Labute approximate surface area is 351 Å². The van der Waals surface area contributed by atoms with Gasteiger partial charge in [-0.25, -0.2) is 9.55 Å². The number of pyridine rings is 1. The van der Waals surface area contributed by atoms with Crippen LogP contribution in [0.2, 0.25) is 0 Å². The van der Waals surface area contributed by atoms with Crippen LogP contribution in [0.3, 0.4) is 0 Å². The molecule has 0 amide bonds. The third-order valence-corrected chi connectivity index (χ3v) is 12.0. The Morgan fingerprint density at radius 3 is 2.17 bits per heavy atom. The minimum atomic E-state index is -4.15.